The molecule has 0 spiro atoms. The maximum absolute atomic E-state index is 13.1. The summed E-state index contributed by atoms with van der Waals surface area (Å²) in [6, 6.07) is 8.33. The number of nitrogens with one attached hydrogen (secondary N) is 1. The van der Waals surface area contributed by atoms with E-state index in [-0.39, 0.29) is 16.9 Å². The van der Waals surface area contributed by atoms with Gasteiger partial charge in [0.1, 0.15) is 5.75 Å². The first-order chi connectivity index (χ1) is 12.3. The van der Waals surface area contributed by atoms with Gasteiger partial charge in [0.2, 0.25) is 10.0 Å². The van der Waals surface area contributed by atoms with Crippen molar-refractivity contribution in [2.45, 2.75) is 43.7 Å². The maximum atomic E-state index is 13.1. The van der Waals surface area contributed by atoms with E-state index in [1.165, 1.54) is 0 Å². The molecule has 1 heterocycles. The summed E-state index contributed by atoms with van der Waals surface area (Å²) in [6.07, 6.45) is 2.39. The molecule has 26 heavy (non-hydrogen) atoms. The Hall–Kier alpha value is -1.96. The molecule has 140 valence electrons. The van der Waals surface area contributed by atoms with Gasteiger partial charge in [0.25, 0.3) is 0 Å². The van der Waals surface area contributed by atoms with Crippen LogP contribution in [0.4, 0.5) is 0 Å². The van der Waals surface area contributed by atoms with Gasteiger partial charge in [-0.3, -0.25) is 4.98 Å². The average Bonchev–Trinajstić information content (AvgIpc) is 2.59. The largest absolute Gasteiger partial charge is 0.496 e. The number of ether oxygens (including phenoxy) is 1. The zero-order valence-corrected chi connectivity index (χ0v) is 16.0. The average molecular weight is 376 g/mol. The van der Waals surface area contributed by atoms with Crippen LogP contribution in [0.5, 0.6) is 5.75 Å². The molecular weight excluding hydrogens is 352 g/mol. The highest BCUT2D eigenvalue weighted by atomic mass is 32.2. The van der Waals surface area contributed by atoms with Crippen LogP contribution in [0.2, 0.25) is 0 Å². The van der Waals surface area contributed by atoms with Crippen molar-refractivity contribution < 1.29 is 18.3 Å². The fourth-order valence-electron chi connectivity index (χ4n) is 3.36. The lowest BCUT2D eigenvalue weighted by atomic mass is 9.76. The van der Waals surface area contributed by atoms with E-state index in [0.29, 0.717) is 29.8 Å². The molecule has 0 saturated heterocycles. The minimum atomic E-state index is -3.75. The highest BCUT2D eigenvalue weighted by Gasteiger charge is 2.38. The summed E-state index contributed by atoms with van der Waals surface area (Å²) in [5, 5.41) is 9.66. The van der Waals surface area contributed by atoms with Crippen molar-refractivity contribution in [1.29, 1.82) is 0 Å². The highest BCUT2D eigenvalue weighted by Crippen LogP contribution is 2.38. The molecule has 2 aromatic rings. The van der Waals surface area contributed by atoms with Crippen molar-refractivity contribution in [3.8, 4) is 5.75 Å². The van der Waals surface area contributed by atoms with Crippen LogP contribution in [0.1, 0.15) is 35.7 Å². The maximum Gasteiger partial charge on any atom is 0.241 e. The number of hydrogen-bond acceptors (Lipinski definition) is 5. The van der Waals surface area contributed by atoms with Gasteiger partial charge in [-0.05, 0) is 68.0 Å². The molecule has 1 aliphatic carbocycles. The lowest BCUT2D eigenvalue weighted by Gasteiger charge is -2.37. The molecule has 1 saturated carbocycles. The van der Waals surface area contributed by atoms with Gasteiger partial charge in [0.05, 0.1) is 29.8 Å². The molecule has 0 unspecified atom stereocenters. The molecule has 3 rings (SSSR count). The van der Waals surface area contributed by atoms with E-state index in [1.54, 1.807) is 38.4 Å². The SMILES string of the molecule is COc1cc(C)c(S(=O)(=O)N[C@@H](c2ccccn2)C2CC(O)C2)cc1C. The number of pyridine rings is 1. The van der Waals surface area contributed by atoms with Crippen molar-refractivity contribution >= 4 is 10.0 Å². The Balaban J connectivity index is 1.94. The molecule has 0 aliphatic heterocycles. The van der Waals surface area contributed by atoms with E-state index in [2.05, 4.69) is 9.71 Å². The topological polar surface area (TPSA) is 88.5 Å². The monoisotopic (exact) mass is 376 g/mol. The molecule has 1 atom stereocenters. The van der Waals surface area contributed by atoms with Gasteiger partial charge in [-0.1, -0.05) is 6.07 Å². The molecule has 2 N–H and O–H groups in total. The molecule has 6 nitrogen and oxygen atoms in total. The summed E-state index contributed by atoms with van der Waals surface area (Å²) < 4.78 is 34.2. The van der Waals surface area contributed by atoms with Gasteiger partial charge in [-0.15, -0.1) is 0 Å². The van der Waals surface area contributed by atoms with Crippen LogP contribution < -0.4 is 9.46 Å². The van der Waals surface area contributed by atoms with Crippen LogP contribution in [0.25, 0.3) is 0 Å². The summed E-state index contributed by atoms with van der Waals surface area (Å²) in [5.74, 6) is 0.680. The molecule has 1 fully saturated rings. The molecular formula is C19H24N2O4S. The van der Waals surface area contributed by atoms with E-state index >= 15 is 0 Å². The number of nitrogens with zero attached hydrogens (tertiary/aromatic N) is 1. The first kappa shape index (κ1) is 18.8. The Bertz CT molecular complexity index is 878. The first-order valence-corrected chi connectivity index (χ1v) is 10.1. The third-order valence-corrected chi connectivity index (χ3v) is 6.47. The molecule has 0 bridgehead atoms. The molecule has 1 aromatic carbocycles. The minimum absolute atomic E-state index is 0.0225. The number of methoxy groups -OCH3 is 1. The van der Waals surface area contributed by atoms with Gasteiger partial charge in [-0.2, -0.15) is 0 Å². The third-order valence-electron chi connectivity index (χ3n) is 4.89. The Labute approximate surface area is 154 Å². The third kappa shape index (κ3) is 3.75. The van der Waals surface area contributed by atoms with Gasteiger partial charge in [0, 0.05) is 6.20 Å². The Morgan fingerprint density at radius 3 is 2.54 bits per heavy atom. The number of aromatic nitrogens is 1. The van der Waals surface area contributed by atoms with E-state index in [4.69, 9.17) is 4.74 Å². The lowest BCUT2D eigenvalue weighted by molar-refractivity contribution is 0.0273. The summed E-state index contributed by atoms with van der Waals surface area (Å²) in [6.45, 7) is 3.56. The van der Waals surface area contributed by atoms with Crippen molar-refractivity contribution in [1.82, 2.24) is 9.71 Å². The highest BCUT2D eigenvalue weighted by molar-refractivity contribution is 7.89. The summed E-state index contributed by atoms with van der Waals surface area (Å²) >= 11 is 0. The van der Waals surface area contributed by atoms with Crippen LogP contribution >= 0.6 is 0 Å². The van der Waals surface area contributed by atoms with Crippen LogP contribution in [0.15, 0.2) is 41.4 Å². The summed E-state index contributed by atoms with van der Waals surface area (Å²) in [4.78, 5) is 4.56. The molecule has 7 heteroatoms. The molecule has 0 amide bonds. The van der Waals surface area contributed by atoms with Gasteiger partial charge < -0.3 is 9.84 Å². The fourth-order valence-corrected chi connectivity index (χ4v) is 4.95. The molecule has 1 aromatic heterocycles. The summed E-state index contributed by atoms with van der Waals surface area (Å²) in [5.41, 5.74) is 2.04. The number of aliphatic hydroxyl groups is 1. The second kappa shape index (κ2) is 7.34. The normalized spacial score (nSPS) is 21.1. The molecule has 1 aliphatic rings. The van der Waals surface area contributed by atoms with Crippen molar-refractivity contribution in [3.63, 3.8) is 0 Å². The van der Waals surface area contributed by atoms with Crippen LogP contribution in [0.3, 0.4) is 0 Å². The second-order valence-electron chi connectivity index (χ2n) is 6.83. The van der Waals surface area contributed by atoms with Crippen molar-refractivity contribution in [3.05, 3.63) is 53.3 Å². The Morgan fingerprint density at radius 1 is 1.23 bits per heavy atom. The number of sulfonamides is 1. The van der Waals surface area contributed by atoms with E-state index < -0.39 is 16.1 Å². The quantitative estimate of drug-likeness (QED) is 0.809. The van der Waals surface area contributed by atoms with Crippen LogP contribution in [-0.2, 0) is 10.0 Å². The fraction of sp³-hybridized carbons (Fsp3) is 0.421. The van der Waals surface area contributed by atoms with E-state index in [1.807, 2.05) is 19.1 Å². The standard InChI is InChI=1S/C19H24N2O4S/c1-12-9-18(13(2)8-17(12)25-3)26(23,24)21-19(14-10-15(22)11-14)16-6-4-5-7-20-16/h4-9,14-15,19,21-22H,10-11H2,1-3H3/t14?,15?,19-/m1/s1. The van der Waals surface area contributed by atoms with Crippen LogP contribution in [-0.4, -0.2) is 31.7 Å². The second-order valence-corrected chi connectivity index (χ2v) is 8.51. The molecule has 0 radical (unpaired) electrons. The predicted octanol–water partition coefficient (Wildman–Crippen LogP) is 2.50. The van der Waals surface area contributed by atoms with Gasteiger partial charge in [0.15, 0.2) is 0 Å². The smallest absolute Gasteiger partial charge is 0.241 e. The summed E-state index contributed by atoms with van der Waals surface area (Å²) in [7, 11) is -2.19. The lowest BCUT2D eigenvalue weighted by Crippen LogP contribution is -2.41. The first-order valence-electron chi connectivity index (χ1n) is 8.58. The Morgan fingerprint density at radius 2 is 1.96 bits per heavy atom. The number of benzene rings is 1. The number of aliphatic hydroxyl groups excluding tert-OH is 1. The van der Waals surface area contributed by atoms with Crippen molar-refractivity contribution in [2.75, 3.05) is 7.11 Å². The zero-order valence-electron chi connectivity index (χ0n) is 15.1. The van der Waals surface area contributed by atoms with E-state index in [0.717, 1.165) is 5.56 Å². The van der Waals surface area contributed by atoms with Gasteiger partial charge >= 0.3 is 0 Å². The predicted molar refractivity (Wildman–Crippen MR) is 98.5 cm³/mol. The Kier molecular flexibility index (Phi) is 5.32. The van der Waals surface area contributed by atoms with Crippen molar-refractivity contribution in [2.24, 2.45) is 5.92 Å². The number of rotatable bonds is 6. The minimum Gasteiger partial charge on any atom is -0.496 e. The number of aryl methyl sites for hydroxylation is 2. The van der Waals surface area contributed by atoms with Gasteiger partial charge in [-0.25, -0.2) is 13.1 Å². The van der Waals surface area contributed by atoms with E-state index in [9.17, 15) is 13.5 Å². The number of hydrogen-bond donors (Lipinski definition) is 2. The zero-order chi connectivity index (χ0) is 18.9. The van der Waals surface area contributed by atoms with Crippen LogP contribution in [0, 0.1) is 19.8 Å².